The fraction of sp³-hybridized carbons (Fsp3) is 0.150. The van der Waals surface area contributed by atoms with Gasteiger partial charge in [-0.2, -0.15) is 0 Å². The minimum atomic E-state index is -0.544. The molecule has 0 spiro atoms. The maximum absolute atomic E-state index is 12.6. The van der Waals surface area contributed by atoms with Gasteiger partial charge in [0, 0.05) is 22.6 Å². The Balaban J connectivity index is 1.84. The molecule has 2 amide bonds. The molecule has 138 valence electrons. The van der Waals surface area contributed by atoms with Gasteiger partial charge >= 0.3 is 6.03 Å². The van der Waals surface area contributed by atoms with Gasteiger partial charge in [0.05, 0.1) is 11.3 Å². The van der Waals surface area contributed by atoms with Gasteiger partial charge in [0.1, 0.15) is 0 Å². The third-order valence-electron chi connectivity index (χ3n) is 4.34. The first-order valence-electron chi connectivity index (χ1n) is 8.35. The predicted octanol–water partition coefficient (Wildman–Crippen LogP) is 4.40. The highest BCUT2D eigenvalue weighted by Crippen LogP contribution is 2.18. The summed E-state index contributed by atoms with van der Waals surface area (Å²) in [5, 5.41) is 6.22. The van der Waals surface area contributed by atoms with Crippen LogP contribution < -0.4 is 10.9 Å². The Hall–Kier alpha value is -3.12. The van der Waals surface area contributed by atoms with Crippen molar-refractivity contribution < 1.29 is 4.79 Å². The monoisotopic (exact) mass is 382 g/mol. The van der Waals surface area contributed by atoms with Crippen LogP contribution in [0.4, 0.5) is 10.5 Å². The molecule has 1 heterocycles. The van der Waals surface area contributed by atoms with Crippen molar-refractivity contribution in [1.29, 1.82) is 0 Å². The molecular weight excluding hydrogens is 364 g/mol. The second-order valence-electron chi connectivity index (χ2n) is 6.21. The van der Waals surface area contributed by atoms with Crippen LogP contribution in [0.5, 0.6) is 0 Å². The van der Waals surface area contributed by atoms with E-state index in [9.17, 15) is 9.59 Å². The summed E-state index contributed by atoms with van der Waals surface area (Å²) in [6, 6.07) is 12.0. The fourth-order valence-corrected chi connectivity index (χ4v) is 2.85. The molecule has 7 heteroatoms. The van der Waals surface area contributed by atoms with Gasteiger partial charge in [-0.25, -0.2) is 14.5 Å². The van der Waals surface area contributed by atoms with Gasteiger partial charge in [-0.15, -0.1) is 0 Å². The second kappa shape index (κ2) is 7.63. The number of hydrogen-bond donors (Lipinski definition) is 2. The predicted molar refractivity (Wildman–Crippen MR) is 109 cm³/mol. The first-order valence-corrected chi connectivity index (χ1v) is 8.73. The molecule has 1 aromatic heterocycles. The molecule has 0 fully saturated rings. The number of urea groups is 1. The molecule has 2 aromatic carbocycles. The number of benzene rings is 2. The quantitative estimate of drug-likeness (QED) is 0.658. The molecule has 0 aliphatic rings. The Morgan fingerprint density at radius 1 is 1.19 bits per heavy atom. The molecule has 0 bridgehead atoms. The number of aryl methyl sites for hydroxylation is 2. The van der Waals surface area contributed by atoms with Gasteiger partial charge in [-0.05, 0) is 56.2 Å². The summed E-state index contributed by atoms with van der Waals surface area (Å²) in [4.78, 5) is 28.7. The van der Waals surface area contributed by atoms with Crippen LogP contribution in [-0.2, 0) is 0 Å². The van der Waals surface area contributed by atoms with E-state index in [0.717, 1.165) is 11.1 Å². The highest BCUT2D eigenvalue weighted by atomic mass is 35.5. The zero-order valence-electron chi connectivity index (χ0n) is 15.2. The molecule has 6 nitrogen and oxygen atoms in total. The number of amides is 2. The Morgan fingerprint density at radius 3 is 2.67 bits per heavy atom. The Labute approximate surface area is 161 Å². The number of H-pyrrole nitrogens is 1. The molecule has 3 aromatic rings. The molecule has 0 unspecified atom stereocenters. The van der Waals surface area contributed by atoms with Crippen molar-refractivity contribution in [3.63, 3.8) is 0 Å². The van der Waals surface area contributed by atoms with Gasteiger partial charge in [0.2, 0.25) is 0 Å². The van der Waals surface area contributed by atoms with Crippen molar-refractivity contribution >= 4 is 29.5 Å². The molecule has 27 heavy (non-hydrogen) atoms. The molecule has 0 saturated carbocycles. The van der Waals surface area contributed by atoms with Crippen LogP contribution in [0.15, 0.2) is 52.3 Å². The van der Waals surface area contributed by atoms with E-state index < -0.39 is 6.03 Å². The number of carbonyl (C=O) groups is 1. The molecular formula is C20H19ClN4O2. The van der Waals surface area contributed by atoms with Crippen molar-refractivity contribution in [2.24, 2.45) is 4.99 Å². The van der Waals surface area contributed by atoms with Crippen molar-refractivity contribution in [2.75, 3.05) is 5.32 Å². The summed E-state index contributed by atoms with van der Waals surface area (Å²) in [6.07, 6.45) is 1.27. The van der Waals surface area contributed by atoms with Crippen molar-refractivity contribution in [2.45, 2.75) is 20.8 Å². The lowest BCUT2D eigenvalue weighted by Crippen LogP contribution is -2.17. The summed E-state index contributed by atoms with van der Waals surface area (Å²) in [5.41, 5.74) is 3.95. The van der Waals surface area contributed by atoms with Crippen LogP contribution >= 0.6 is 11.6 Å². The third-order valence-corrected chi connectivity index (χ3v) is 4.58. The number of carbonyl (C=O) groups excluding carboxylic acids is 1. The molecule has 0 radical (unpaired) electrons. The van der Waals surface area contributed by atoms with E-state index in [1.165, 1.54) is 10.9 Å². The highest BCUT2D eigenvalue weighted by molar-refractivity contribution is 6.30. The summed E-state index contributed by atoms with van der Waals surface area (Å²) < 4.78 is 1.37. The first-order chi connectivity index (χ1) is 12.9. The molecule has 0 saturated heterocycles. The van der Waals surface area contributed by atoms with E-state index in [1.807, 2.05) is 32.0 Å². The van der Waals surface area contributed by atoms with Crippen LogP contribution in [0, 0.1) is 20.8 Å². The van der Waals surface area contributed by atoms with Gasteiger partial charge in [0.15, 0.2) is 0 Å². The van der Waals surface area contributed by atoms with Crippen LogP contribution in [-0.4, -0.2) is 22.0 Å². The van der Waals surface area contributed by atoms with Crippen LogP contribution in [0.2, 0.25) is 5.02 Å². The number of aromatic nitrogens is 2. The number of anilines is 1. The van der Waals surface area contributed by atoms with Crippen molar-refractivity contribution in [3.05, 3.63) is 80.2 Å². The minimum absolute atomic E-state index is 0.307. The van der Waals surface area contributed by atoms with E-state index in [1.54, 1.807) is 31.2 Å². The summed E-state index contributed by atoms with van der Waals surface area (Å²) >= 11 is 5.99. The summed E-state index contributed by atoms with van der Waals surface area (Å²) in [6.45, 7) is 5.64. The van der Waals surface area contributed by atoms with Crippen LogP contribution in [0.3, 0.4) is 0 Å². The number of rotatable bonds is 3. The number of aliphatic imine (C=N–C) groups is 1. The van der Waals surface area contributed by atoms with E-state index in [2.05, 4.69) is 15.4 Å². The van der Waals surface area contributed by atoms with E-state index in [0.29, 0.717) is 27.7 Å². The molecule has 2 N–H and O–H groups in total. The Morgan fingerprint density at radius 2 is 1.93 bits per heavy atom. The lowest BCUT2D eigenvalue weighted by Gasteiger charge is -2.07. The normalized spacial score (nSPS) is 11.1. The van der Waals surface area contributed by atoms with Crippen LogP contribution in [0.1, 0.15) is 22.4 Å². The highest BCUT2D eigenvalue weighted by Gasteiger charge is 2.12. The summed E-state index contributed by atoms with van der Waals surface area (Å²) in [5.74, 6) is 0. The maximum atomic E-state index is 12.6. The zero-order valence-corrected chi connectivity index (χ0v) is 16.0. The van der Waals surface area contributed by atoms with Crippen LogP contribution in [0.25, 0.3) is 5.69 Å². The standard InChI is InChI=1S/C20H19ClN4O2/c1-12-6-4-9-18(13(12)2)23-20(27)22-11-17-14(3)24-25(19(17)26)16-8-5-7-15(21)10-16/h4-11,24H,1-3H3,(H,23,27)/b22-11+. The molecule has 3 rings (SSSR count). The largest absolute Gasteiger partial charge is 0.345 e. The smallest absolute Gasteiger partial charge is 0.306 e. The average molecular weight is 383 g/mol. The average Bonchev–Trinajstić information content (AvgIpc) is 2.91. The van der Waals surface area contributed by atoms with E-state index in [-0.39, 0.29) is 5.56 Å². The van der Waals surface area contributed by atoms with Gasteiger partial charge in [0.25, 0.3) is 5.56 Å². The molecule has 0 aliphatic carbocycles. The topological polar surface area (TPSA) is 79.2 Å². The maximum Gasteiger partial charge on any atom is 0.345 e. The zero-order chi connectivity index (χ0) is 19.6. The second-order valence-corrected chi connectivity index (χ2v) is 6.64. The van der Waals surface area contributed by atoms with Gasteiger partial charge in [-0.1, -0.05) is 29.8 Å². The number of halogens is 1. The molecule has 0 atom stereocenters. The van der Waals surface area contributed by atoms with Crippen molar-refractivity contribution in [1.82, 2.24) is 9.78 Å². The number of aromatic amines is 1. The fourth-order valence-electron chi connectivity index (χ4n) is 2.67. The Kier molecular flexibility index (Phi) is 5.28. The van der Waals surface area contributed by atoms with E-state index in [4.69, 9.17) is 11.6 Å². The molecule has 0 aliphatic heterocycles. The Bertz CT molecular complexity index is 1100. The SMILES string of the molecule is Cc1cccc(NC(=O)/N=C/c2c(C)[nH]n(-c3cccc(Cl)c3)c2=O)c1C. The van der Waals surface area contributed by atoms with E-state index >= 15 is 0 Å². The number of hydrogen-bond acceptors (Lipinski definition) is 2. The lowest BCUT2D eigenvalue weighted by atomic mass is 10.1. The minimum Gasteiger partial charge on any atom is -0.306 e. The van der Waals surface area contributed by atoms with Gasteiger partial charge < -0.3 is 5.32 Å². The first kappa shape index (κ1) is 18.7. The third kappa shape index (κ3) is 4.01. The van der Waals surface area contributed by atoms with Crippen molar-refractivity contribution in [3.8, 4) is 5.69 Å². The summed E-state index contributed by atoms with van der Waals surface area (Å²) in [7, 11) is 0. The number of nitrogens with one attached hydrogen (secondary N) is 2. The lowest BCUT2D eigenvalue weighted by molar-refractivity contribution is 0.259. The van der Waals surface area contributed by atoms with Gasteiger partial charge in [-0.3, -0.25) is 9.89 Å². The number of nitrogens with zero attached hydrogens (tertiary/aromatic N) is 2.